The van der Waals surface area contributed by atoms with E-state index in [0.29, 0.717) is 45.4 Å². The van der Waals surface area contributed by atoms with Crippen LogP contribution in [0, 0.1) is 0 Å². The molecule has 1 heterocycles. The highest BCUT2D eigenvalue weighted by Crippen LogP contribution is 2.23. The number of nitrogens with two attached hydrogens (primary N) is 1. The summed E-state index contributed by atoms with van der Waals surface area (Å²) in [5, 5.41) is 2.50. The van der Waals surface area contributed by atoms with Gasteiger partial charge >= 0.3 is 0 Å². The van der Waals surface area contributed by atoms with Crippen LogP contribution >= 0.6 is 11.8 Å². The van der Waals surface area contributed by atoms with Gasteiger partial charge < -0.3 is 15.8 Å². The molecule has 1 saturated heterocycles. The lowest BCUT2D eigenvalue weighted by atomic mass is 10.2. The van der Waals surface area contributed by atoms with Crippen molar-refractivity contribution in [2.45, 2.75) is 43.8 Å². The van der Waals surface area contributed by atoms with Gasteiger partial charge in [0.25, 0.3) is 0 Å². The molecule has 0 bridgehead atoms. The van der Waals surface area contributed by atoms with Gasteiger partial charge in [0.05, 0.1) is 18.5 Å². The maximum atomic E-state index is 11.9. The van der Waals surface area contributed by atoms with Gasteiger partial charge in [0.2, 0.25) is 23.6 Å². The van der Waals surface area contributed by atoms with E-state index in [-0.39, 0.29) is 36.0 Å². The smallest absolute Gasteiger partial charge is 0.242 e. The van der Waals surface area contributed by atoms with Gasteiger partial charge in [-0.05, 0) is 19.1 Å². The van der Waals surface area contributed by atoms with E-state index in [1.807, 2.05) is 6.26 Å². The molecule has 0 aromatic carbocycles. The molecule has 1 atom stereocenters. The lowest BCUT2D eigenvalue weighted by Crippen LogP contribution is -2.32. The first-order valence-electron chi connectivity index (χ1n) is 8.45. The number of nitrogens with zero attached hydrogens (tertiary/aromatic N) is 1. The van der Waals surface area contributed by atoms with E-state index in [0.717, 1.165) is 6.42 Å². The van der Waals surface area contributed by atoms with Gasteiger partial charge in [-0.3, -0.25) is 24.1 Å². The number of carbonyl (C=O) groups excluding carboxylic acids is 4. The Kier molecular flexibility index (Phi) is 10.2. The molecule has 1 aliphatic rings. The molecule has 0 aliphatic carbocycles. The number of hydrogen-bond acceptors (Lipinski definition) is 6. The Morgan fingerprint density at radius 3 is 2.64 bits per heavy atom. The number of amides is 4. The number of ether oxygens (including phenoxy) is 1. The summed E-state index contributed by atoms with van der Waals surface area (Å²) in [6, 6.07) is 0. The van der Waals surface area contributed by atoms with Crippen LogP contribution < -0.4 is 11.1 Å². The first kappa shape index (κ1) is 21.4. The Hall–Kier alpha value is -1.61. The molecule has 0 aromatic rings. The molecule has 0 aromatic heterocycles. The van der Waals surface area contributed by atoms with Crippen molar-refractivity contribution in [3.05, 3.63) is 0 Å². The molecule has 0 spiro atoms. The van der Waals surface area contributed by atoms with Crippen LogP contribution in [0.5, 0.6) is 0 Å². The predicted octanol–water partition coefficient (Wildman–Crippen LogP) is 0.0455. The van der Waals surface area contributed by atoms with Gasteiger partial charge in [0.1, 0.15) is 0 Å². The number of hydrogen-bond donors (Lipinski definition) is 2. The number of unbranched alkanes of at least 4 members (excludes halogenated alkanes) is 2. The van der Waals surface area contributed by atoms with Crippen LogP contribution in [0.25, 0.3) is 0 Å². The van der Waals surface area contributed by atoms with E-state index in [1.165, 1.54) is 16.7 Å². The predicted molar refractivity (Wildman–Crippen MR) is 94.7 cm³/mol. The van der Waals surface area contributed by atoms with Crippen LogP contribution in [-0.4, -0.2) is 66.3 Å². The average Bonchev–Trinajstić information content (AvgIpc) is 2.84. The minimum absolute atomic E-state index is 0.0609. The summed E-state index contributed by atoms with van der Waals surface area (Å²) < 4.78 is 5.15. The molecule has 1 unspecified atom stereocenters. The number of imide groups is 1. The third-order valence-electron chi connectivity index (χ3n) is 3.83. The standard InChI is InChI=1S/C16H27N3O5S/c1-25-12-11-15(22)19(16(12)23)8-4-2-3-5-14(21)18-7-10-24-9-6-13(17)20/h12H,2-11H2,1H3,(H2,17,20)(H,18,21). The van der Waals surface area contributed by atoms with E-state index in [4.69, 9.17) is 10.5 Å². The Labute approximate surface area is 152 Å². The third-order valence-corrected chi connectivity index (χ3v) is 4.77. The zero-order valence-corrected chi connectivity index (χ0v) is 15.4. The molecule has 1 aliphatic heterocycles. The number of thioether (sulfide) groups is 1. The van der Waals surface area contributed by atoms with Crippen molar-refractivity contribution in [3.8, 4) is 0 Å². The molecule has 142 valence electrons. The Morgan fingerprint density at radius 2 is 2.00 bits per heavy atom. The Bertz CT molecular complexity index is 486. The molecule has 0 radical (unpaired) electrons. The van der Waals surface area contributed by atoms with Gasteiger partial charge in [-0.1, -0.05) is 6.42 Å². The second-order valence-electron chi connectivity index (χ2n) is 5.80. The number of likely N-dealkylation sites (tertiary alicyclic amines) is 1. The van der Waals surface area contributed by atoms with Gasteiger partial charge in [0.15, 0.2) is 0 Å². The molecule has 3 N–H and O–H groups in total. The van der Waals surface area contributed by atoms with E-state index in [9.17, 15) is 19.2 Å². The largest absolute Gasteiger partial charge is 0.379 e. The number of carbonyl (C=O) groups is 4. The molecule has 0 saturated carbocycles. The summed E-state index contributed by atoms with van der Waals surface area (Å²) in [6.45, 7) is 1.43. The minimum Gasteiger partial charge on any atom is -0.379 e. The van der Waals surface area contributed by atoms with Crippen molar-refractivity contribution in [1.29, 1.82) is 0 Å². The van der Waals surface area contributed by atoms with E-state index < -0.39 is 5.91 Å². The summed E-state index contributed by atoms with van der Waals surface area (Å²) in [6.07, 6.45) is 4.90. The maximum absolute atomic E-state index is 11.9. The molecule has 25 heavy (non-hydrogen) atoms. The van der Waals surface area contributed by atoms with Gasteiger partial charge in [0, 0.05) is 32.4 Å². The van der Waals surface area contributed by atoms with Crippen molar-refractivity contribution >= 4 is 35.4 Å². The van der Waals surface area contributed by atoms with Crippen LogP contribution in [-0.2, 0) is 23.9 Å². The monoisotopic (exact) mass is 373 g/mol. The summed E-state index contributed by atoms with van der Waals surface area (Å²) in [7, 11) is 0. The summed E-state index contributed by atoms with van der Waals surface area (Å²) in [4.78, 5) is 47.1. The molecule has 4 amide bonds. The van der Waals surface area contributed by atoms with Crippen molar-refractivity contribution in [1.82, 2.24) is 10.2 Å². The zero-order valence-electron chi connectivity index (χ0n) is 14.6. The molecule has 1 rings (SSSR count). The highest BCUT2D eigenvalue weighted by Gasteiger charge is 2.37. The van der Waals surface area contributed by atoms with Crippen molar-refractivity contribution < 1.29 is 23.9 Å². The highest BCUT2D eigenvalue weighted by molar-refractivity contribution is 8.00. The van der Waals surface area contributed by atoms with E-state index in [1.54, 1.807) is 0 Å². The normalized spacial score (nSPS) is 17.2. The fourth-order valence-electron chi connectivity index (χ4n) is 2.43. The van der Waals surface area contributed by atoms with Crippen LogP contribution in [0.15, 0.2) is 0 Å². The molecule has 8 nitrogen and oxygen atoms in total. The topological polar surface area (TPSA) is 119 Å². The highest BCUT2D eigenvalue weighted by atomic mass is 32.2. The van der Waals surface area contributed by atoms with Crippen molar-refractivity contribution in [2.24, 2.45) is 5.73 Å². The average molecular weight is 373 g/mol. The number of primary amides is 1. The van der Waals surface area contributed by atoms with Gasteiger partial charge in [-0.15, -0.1) is 0 Å². The first-order chi connectivity index (χ1) is 12.0. The van der Waals surface area contributed by atoms with Crippen LogP contribution in [0.3, 0.4) is 0 Å². The second kappa shape index (κ2) is 11.9. The molecule has 1 fully saturated rings. The summed E-state index contributed by atoms with van der Waals surface area (Å²) >= 11 is 1.41. The lowest BCUT2D eigenvalue weighted by Gasteiger charge is -2.14. The quantitative estimate of drug-likeness (QED) is 0.348. The van der Waals surface area contributed by atoms with Crippen LogP contribution in [0.4, 0.5) is 0 Å². The van der Waals surface area contributed by atoms with Crippen molar-refractivity contribution in [3.63, 3.8) is 0 Å². The number of nitrogens with one attached hydrogen (secondary N) is 1. The fourth-order valence-corrected chi connectivity index (χ4v) is 3.07. The summed E-state index contributed by atoms with van der Waals surface area (Å²) in [5.41, 5.74) is 4.97. The molecular weight excluding hydrogens is 346 g/mol. The molecular formula is C16H27N3O5S. The lowest BCUT2D eigenvalue weighted by molar-refractivity contribution is -0.138. The third kappa shape index (κ3) is 8.35. The van der Waals surface area contributed by atoms with E-state index >= 15 is 0 Å². The van der Waals surface area contributed by atoms with Crippen molar-refractivity contribution in [2.75, 3.05) is 32.6 Å². The maximum Gasteiger partial charge on any atom is 0.242 e. The SMILES string of the molecule is CSC1CC(=O)N(CCCCCC(=O)NCCOCCC(N)=O)C1=O. The van der Waals surface area contributed by atoms with Gasteiger partial charge in [-0.2, -0.15) is 11.8 Å². The van der Waals surface area contributed by atoms with Crippen LogP contribution in [0.1, 0.15) is 38.5 Å². The van der Waals surface area contributed by atoms with E-state index in [2.05, 4.69) is 5.32 Å². The minimum atomic E-state index is -0.412. The van der Waals surface area contributed by atoms with Crippen LogP contribution in [0.2, 0.25) is 0 Å². The fraction of sp³-hybridized carbons (Fsp3) is 0.750. The Morgan fingerprint density at radius 1 is 1.24 bits per heavy atom. The molecule has 9 heteroatoms. The zero-order chi connectivity index (χ0) is 18.7. The number of rotatable bonds is 13. The van der Waals surface area contributed by atoms with Gasteiger partial charge in [-0.25, -0.2) is 0 Å². The second-order valence-corrected chi connectivity index (χ2v) is 6.84. The summed E-state index contributed by atoms with van der Waals surface area (Å²) in [5.74, 6) is -0.662. The first-order valence-corrected chi connectivity index (χ1v) is 9.74. The Balaban J connectivity index is 2.00.